The van der Waals surface area contributed by atoms with Gasteiger partial charge in [-0.2, -0.15) is 0 Å². The van der Waals surface area contributed by atoms with Crippen molar-refractivity contribution < 1.29 is 29.0 Å². The zero-order valence-corrected chi connectivity index (χ0v) is 21.2. The topological polar surface area (TPSA) is 93.1 Å². The van der Waals surface area contributed by atoms with Crippen LogP contribution in [0.15, 0.2) is 41.3 Å². The molecule has 8 heteroatoms. The van der Waals surface area contributed by atoms with Gasteiger partial charge in [0.05, 0.1) is 7.11 Å². The Balaban J connectivity index is 1.97. The summed E-state index contributed by atoms with van der Waals surface area (Å²) in [5.41, 5.74) is 1.68. The Kier molecular flexibility index (Phi) is 7.60. The van der Waals surface area contributed by atoms with E-state index in [2.05, 4.69) is 0 Å². The smallest absolute Gasteiger partial charge is 0.409 e. The molecular weight excluding hydrogens is 454 g/mol. The number of hydrogen-bond donors (Lipinski definition) is 1. The van der Waals surface area contributed by atoms with Gasteiger partial charge in [0.25, 0.3) is 0 Å². The largest absolute Gasteiger partial charge is 0.478 e. The van der Waals surface area contributed by atoms with Crippen molar-refractivity contribution in [3.8, 4) is 5.75 Å². The maximum Gasteiger partial charge on any atom is 0.409 e. The number of rotatable bonds is 7. The highest BCUT2D eigenvalue weighted by atomic mass is 32.2. The van der Waals surface area contributed by atoms with Gasteiger partial charge in [0.1, 0.15) is 5.75 Å². The van der Waals surface area contributed by atoms with Crippen molar-refractivity contribution in [2.75, 3.05) is 26.5 Å². The molecule has 2 atom stereocenters. The molecular formula is C26H31NO6S. The molecule has 7 nitrogen and oxygen atoms in total. The van der Waals surface area contributed by atoms with E-state index < -0.39 is 23.6 Å². The molecule has 1 aliphatic heterocycles. The zero-order valence-electron chi connectivity index (χ0n) is 20.4. The lowest BCUT2D eigenvalue weighted by atomic mass is 9.82. The molecule has 1 fully saturated rings. The van der Waals surface area contributed by atoms with Gasteiger partial charge in [-0.1, -0.05) is 24.3 Å². The first-order valence-corrected chi connectivity index (χ1v) is 12.3. The standard InChI is InChI=1S/C26H31NO6S/c1-15-11-18(12-16(2)23(15)33-26(3,4)24(29)30)20-13-27(25(31)32-5)14-21(20)22(28)17-7-9-19(34-6)10-8-17/h7-12,20-21H,13-14H2,1-6H3,(H,29,30). The molecule has 0 saturated carbocycles. The minimum absolute atomic E-state index is 0.0216. The highest BCUT2D eigenvalue weighted by molar-refractivity contribution is 7.98. The van der Waals surface area contributed by atoms with Gasteiger partial charge in [-0.05, 0) is 62.8 Å². The first kappa shape index (κ1) is 25.6. The molecule has 0 bridgehead atoms. The summed E-state index contributed by atoms with van der Waals surface area (Å²) in [5.74, 6) is -1.23. The van der Waals surface area contributed by atoms with E-state index in [9.17, 15) is 19.5 Å². The van der Waals surface area contributed by atoms with Crippen LogP contribution in [0.3, 0.4) is 0 Å². The maximum atomic E-state index is 13.5. The third-order valence-corrected chi connectivity index (χ3v) is 6.99. The number of carbonyl (C=O) groups excluding carboxylic acids is 2. The highest BCUT2D eigenvalue weighted by Crippen LogP contribution is 2.39. The minimum atomic E-state index is -1.38. The van der Waals surface area contributed by atoms with E-state index in [4.69, 9.17) is 9.47 Å². The number of carboxylic acids is 1. The average molecular weight is 486 g/mol. The molecule has 182 valence electrons. The Morgan fingerprint density at radius 3 is 2.15 bits per heavy atom. The van der Waals surface area contributed by atoms with Crippen LogP contribution < -0.4 is 4.74 Å². The normalized spacial score (nSPS) is 18.0. The van der Waals surface area contributed by atoms with Crippen LogP contribution in [0.2, 0.25) is 0 Å². The summed E-state index contributed by atoms with van der Waals surface area (Å²) in [6, 6.07) is 11.3. The van der Waals surface area contributed by atoms with Crippen LogP contribution in [0, 0.1) is 19.8 Å². The lowest BCUT2D eigenvalue weighted by molar-refractivity contribution is -0.152. The van der Waals surface area contributed by atoms with E-state index in [1.165, 1.54) is 21.0 Å². The minimum Gasteiger partial charge on any atom is -0.478 e. The molecule has 2 aromatic carbocycles. The van der Waals surface area contributed by atoms with E-state index in [0.29, 0.717) is 17.9 Å². The molecule has 1 aliphatic rings. The van der Waals surface area contributed by atoms with E-state index >= 15 is 0 Å². The van der Waals surface area contributed by atoms with E-state index in [1.807, 2.05) is 56.5 Å². The summed E-state index contributed by atoms with van der Waals surface area (Å²) in [7, 11) is 1.33. The lowest BCUT2D eigenvalue weighted by Crippen LogP contribution is -2.38. The second-order valence-electron chi connectivity index (χ2n) is 9.08. The first-order valence-electron chi connectivity index (χ1n) is 11.0. The molecule has 0 aliphatic carbocycles. The number of ether oxygens (including phenoxy) is 2. The summed E-state index contributed by atoms with van der Waals surface area (Å²) in [6.45, 7) is 7.34. The van der Waals surface area contributed by atoms with Crippen molar-refractivity contribution >= 4 is 29.6 Å². The number of thioether (sulfide) groups is 1. The summed E-state index contributed by atoms with van der Waals surface area (Å²) in [6.07, 6.45) is 1.52. The second kappa shape index (κ2) is 10.1. The fourth-order valence-electron chi connectivity index (χ4n) is 4.31. The molecule has 34 heavy (non-hydrogen) atoms. The molecule has 3 rings (SSSR count). The third kappa shape index (κ3) is 5.22. The predicted octanol–water partition coefficient (Wildman–Crippen LogP) is 4.93. The zero-order chi connectivity index (χ0) is 25.2. The molecule has 1 N–H and O–H groups in total. The van der Waals surface area contributed by atoms with Crippen LogP contribution in [0.5, 0.6) is 5.75 Å². The quantitative estimate of drug-likeness (QED) is 0.439. The SMILES string of the molecule is COC(=O)N1CC(C(=O)c2ccc(SC)cc2)C(c2cc(C)c(OC(C)(C)C(=O)O)c(C)c2)C1. The van der Waals surface area contributed by atoms with Crippen LogP contribution in [0.1, 0.15) is 46.8 Å². The number of amides is 1. The summed E-state index contributed by atoms with van der Waals surface area (Å²) < 4.78 is 10.8. The fraction of sp³-hybridized carbons (Fsp3) is 0.423. The summed E-state index contributed by atoms with van der Waals surface area (Å²) >= 11 is 1.61. The highest BCUT2D eigenvalue weighted by Gasteiger charge is 2.41. The Morgan fingerprint density at radius 2 is 1.65 bits per heavy atom. The number of carbonyl (C=O) groups is 3. The third-order valence-electron chi connectivity index (χ3n) is 6.25. The van der Waals surface area contributed by atoms with Crippen LogP contribution in [-0.4, -0.2) is 59.9 Å². The summed E-state index contributed by atoms with van der Waals surface area (Å²) in [4.78, 5) is 40.0. The molecule has 1 heterocycles. The van der Waals surface area contributed by atoms with Crippen molar-refractivity contribution in [3.05, 3.63) is 58.7 Å². The van der Waals surface area contributed by atoms with E-state index in [1.54, 1.807) is 16.7 Å². The molecule has 0 radical (unpaired) electrons. The number of benzene rings is 2. The average Bonchev–Trinajstić information content (AvgIpc) is 3.25. The summed E-state index contributed by atoms with van der Waals surface area (Å²) in [5, 5.41) is 9.44. The monoisotopic (exact) mass is 485 g/mol. The van der Waals surface area contributed by atoms with Crippen molar-refractivity contribution in [1.29, 1.82) is 0 Å². The predicted molar refractivity (Wildman–Crippen MR) is 131 cm³/mol. The molecule has 0 aromatic heterocycles. The maximum absolute atomic E-state index is 13.5. The number of nitrogens with zero attached hydrogens (tertiary/aromatic N) is 1. The number of ketones is 1. The molecule has 1 saturated heterocycles. The van der Waals surface area contributed by atoms with Gasteiger partial charge in [-0.3, -0.25) is 4.79 Å². The van der Waals surface area contributed by atoms with Gasteiger partial charge in [0, 0.05) is 35.4 Å². The number of aryl methyl sites for hydroxylation is 2. The van der Waals surface area contributed by atoms with Crippen LogP contribution >= 0.6 is 11.8 Å². The van der Waals surface area contributed by atoms with Crippen molar-refractivity contribution in [1.82, 2.24) is 4.90 Å². The number of hydrogen-bond acceptors (Lipinski definition) is 6. The lowest BCUT2D eigenvalue weighted by Gasteiger charge is -2.26. The number of carboxylic acid groups (broad SMARTS) is 1. The Hall–Kier alpha value is -3.00. The van der Waals surface area contributed by atoms with E-state index in [0.717, 1.165) is 21.6 Å². The Bertz CT molecular complexity index is 1070. The van der Waals surface area contributed by atoms with Gasteiger partial charge < -0.3 is 19.5 Å². The fourth-order valence-corrected chi connectivity index (χ4v) is 4.72. The number of methoxy groups -OCH3 is 1. The van der Waals surface area contributed by atoms with Gasteiger partial charge in [0.15, 0.2) is 11.4 Å². The Labute approximate surface area is 204 Å². The van der Waals surface area contributed by atoms with Gasteiger partial charge in [-0.15, -0.1) is 11.8 Å². The first-order chi connectivity index (χ1) is 16.0. The van der Waals surface area contributed by atoms with Crippen molar-refractivity contribution in [3.63, 3.8) is 0 Å². The van der Waals surface area contributed by atoms with Gasteiger partial charge in [0.2, 0.25) is 0 Å². The Morgan fingerprint density at radius 1 is 1.06 bits per heavy atom. The van der Waals surface area contributed by atoms with Crippen LogP contribution in [0.25, 0.3) is 0 Å². The van der Waals surface area contributed by atoms with E-state index in [-0.39, 0.29) is 18.2 Å². The number of likely N-dealkylation sites (tertiary alicyclic amines) is 1. The van der Waals surface area contributed by atoms with Crippen LogP contribution in [0.4, 0.5) is 4.79 Å². The molecule has 1 amide bonds. The van der Waals surface area contributed by atoms with Crippen molar-refractivity contribution in [2.45, 2.75) is 44.1 Å². The molecule has 0 spiro atoms. The van der Waals surface area contributed by atoms with Gasteiger partial charge in [-0.25, -0.2) is 9.59 Å². The second-order valence-corrected chi connectivity index (χ2v) is 9.96. The number of aliphatic carboxylic acids is 1. The van der Waals surface area contributed by atoms with Crippen LogP contribution in [-0.2, 0) is 9.53 Å². The van der Waals surface area contributed by atoms with Gasteiger partial charge >= 0.3 is 12.1 Å². The van der Waals surface area contributed by atoms with Crippen molar-refractivity contribution in [2.24, 2.45) is 5.92 Å². The number of Topliss-reactive ketones (excluding diaryl/α,β-unsaturated/α-hetero) is 1. The molecule has 2 aromatic rings. The molecule has 2 unspecified atom stereocenters.